The number of anilines is 1. The molecule has 3 aromatic rings. The van der Waals surface area contributed by atoms with Gasteiger partial charge in [0, 0.05) is 29.7 Å². The molecule has 0 radical (unpaired) electrons. The van der Waals surface area contributed by atoms with Gasteiger partial charge in [0.1, 0.15) is 13.2 Å². The van der Waals surface area contributed by atoms with E-state index in [1.54, 1.807) is 4.90 Å². The van der Waals surface area contributed by atoms with Crippen LogP contribution in [0.4, 0.5) is 5.13 Å². The number of hydrogen-bond donors (Lipinski definition) is 0. The lowest BCUT2D eigenvalue weighted by Gasteiger charge is -2.25. The Morgan fingerprint density at radius 1 is 1.10 bits per heavy atom. The summed E-state index contributed by atoms with van der Waals surface area (Å²) in [6.45, 7) is 8.56. The number of halogens is 2. The van der Waals surface area contributed by atoms with Crippen molar-refractivity contribution >= 4 is 60.9 Å². The summed E-state index contributed by atoms with van der Waals surface area (Å²) >= 11 is 5.02. The zero-order valence-electron chi connectivity index (χ0n) is 17.5. The van der Waals surface area contributed by atoms with E-state index in [0.29, 0.717) is 36.2 Å². The third kappa shape index (κ3) is 5.14. The Morgan fingerprint density at radius 3 is 2.45 bits per heavy atom. The first-order valence-electron chi connectivity index (χ1n) is 10.1. The highest BCUT2D eigenvalue weighted by molar-refractivity contribution is 9.10. The number of amides is 1. The monoisotopic (exact) mass is 525 g/mol. The zero-order chi connectivity index (χ0) is 21.1. The quantitative estimate of drug-likeness (QED) is 0.421. The molecule has 0 unspecified atom stereocenters. The van der Waals surface area contributed by atoms with Gasteiger partial charge in [-0.15, -0.1) is 12.4 Å². The van der Waals surface area contributed by atoms with Crippen molar-refractivity contribution in [1.29, 1.82) is 0 Å². The van der Waals surface area contributed by atoms with Crippen LogP contribution in [0.25, 0.3) is 10.2 Å². The largest absolute Gasteiger partial charge is 0.486 e. The molecule has 0 atom stereocenters. The van der Waals surface area contributed by atoms with E-state index >= 15 is 0 Å². The van der Waals surface area contributed by atoms with Crippen molar-refractivity contribution in [1.82, 2.24) is 9.88 Å². The maximum absolute atomic E-state index is 13.5. The van der Waals surface area contributed by atoms with Gasteiger partial charge in [-0.2, -0.15) is 0 Å². The van der Waals surface area contributed by atoms with E-state index in [-0.39, 0.29) is 18.3 Å². The van der Waals surface area contributed by atoms with Gasteiger partial charge in [0.15, 0.2) is 16.6 Å². The van der Waals surface area contributed by atoms with Crippen LogP contribution in [0.5, 0.6) is 11.5 Å². The first-order chi connectivity index (χ1) is 14.6. The van der Waals surface area contributed by atoms with Crippen LogP contribution < -0.4 is 14.4 Å². The summed E-state index contributed by atoms with van der Waals surface area (Å²) in [5.74, 6) is 1.37. The first-order valence-corrected chi connectivity index (χ1v) is 11.7. The Kier molecular flexibility index (Phi) is 8.16. The van der Waals surface area contributed by atoms with Crippen LogP contribution in [0.2, 0.25) is 0 Å². The molecular weight excluding hydrogens is 502 g/mol. The Bertz CT molecular complexity index is 1010. The smallest absolute Gasteiger partial charge is 0.261 e. The van der Waals surface area contributed by atoms with Crippen molar-refractivity contribution < 1.29 is 14.3 Å². The van der Waals surface area contributed by atoms with Crippen LogP contribution >= 0.6 is 39.7 Å². The van der Waals surface area contributed by atoms with Crippen LogP contribution in [0.3, 0.4) is 0 Å². The maximum Gasteiger partial charge on any atom is 0.261 e. The summed E-state index contributed by atoms with van der Waals surface area (Å²) in [6, 6.07) is 11.4. The molecule has 9 heteroatoms. The molecule has 0 saturated heterocycles. The second-order valence-corrected chi connectivity index (χ2v) is 8.79. The molecule has 0 spiro atoms. The van der Waals surface area contributed by atoms with Crippen molar-refractivity contribution in [2.75, 3.05) is 44.3 Å². The minimum Gasteiger partial charge on any atom is -0.486 e. The lowest BCUT2D eigenvalue weighted by atomic mass is 10.2. The number of nitrogens with zero attached hydrogens (tertiary/aromatic N) is 3. The average molecular weight is 527 g/mol. The van der Waals surface area contributed by atoms with Crippen molar-refractivity contribution in [3.8, 4) is 11.5 Å². The molecule has 0 N–H and O–H groups in total. The second kappa shape index (κ2) is 10.6. The Labute approximate surface area is 200 Å². The van der Waals surface area contributed by atoms with Gasteiger partial charge in [-0.25, -0.2) is 4.98 Å². The number of thiazole rings is 1. The highest BCUT2D eigenvalue weighted by Gasteiger charge is 2.24. The van der Waals surface area contributed by atoms with Crippen LogP contribution in [0, 0.1) is 0 Å². The lowest BCUT2D eigenvalue weighted by Crippen LogP contribution is -2.39. The van der Waals surface area contributed by atoms with Gasteiger partial charge >= 0.3 is 0 Å². The van der Waals surface area contributed by atoms with Gasteiger partial charge in [-0.05, 0) is 41.2 Å². The van der Waals surface area contributed by atoms with Crippen molar-refractivity contribution in [2.24, 2.45) is 0 Å². The number of carbonyl (C=O) groups is 1. The zero-order valence-corrected chi connectivity index (χ0v) is 20.7. The van der Waals surface area contributed by atoms with Gasteiger partial charge in [-0.3, -0.25) is 9.69 Å². The molecule has 1 aliphatic heterocycles. The minimum absolute atomic E-state index is 0. The van der Waals surface area contributed by atoms with Crippen molar-refractivity contribution in [2.45, 2.75) is 13.8 Å². The van der Waals surface area contributed by atoms with Crippen LogP contribution in [0.15, 0.2) is 40.9 Å². The molecule has 1 aromatic heterocycles. The van der Waals surface area contributed by atoms with Crippen molar-refractivity contribution in [3.05, 3.63) is 46.4 Å². The van der Waals surface area contributed by atoms with Crippen LogP contribution in [-0.4, -0.2) is 55.2 Å². The molecule has 2 aromatic carbocycles. The highest BCUT2D eigenvalue weighted by Crippen LogP contribution is 2.39. The topological polar surface area (TPSA) is 54.9 Å². The normalized spacial score (nSPS) is 12.6. The number of fused-ring (bicyclic) bond motifs is 2. The Morgan fingerprint density at radius 2 is 1.77 bits per heavy atom. The molecule has 0 fully saturated rings. The van der Waals surface area contributed by atoms with Gasteiger partial charge in [0.2, 0.25) is 0 Å². The SMILES string of the molecule is CCN(CC)CCN(C(=O)c1ccccc1Br)c1nc2cc3c(cc2s1)OCCO3.Cl. The van der Waals surface area contributed by atoms with Crippen molar-refractivity contribution in [3.63, 3.8) is 0 Å². The summed E-state index contributed by atoms with van der Waals surface area (Å²) in [6.07, 6.45) is 0. The number of likely N-dealkylation sites (N-methyl/N-ethyl adjacent to an activating group) is 1. The predicted octanol–water partition coefficient (Wildman–Crippen LogP) is 5.24. The molecule has 0 bridgehead atoms. The average Bonchev–Trinajstić information content (AvgIpc) is 3.17. The number of benzene rings is 2. The van der Waals surface area contributed by atoms with Gasteiger partial charge in [-0.1, -0.05) is 37.3 Å². The fraction of sp³-hybridized carbons (Fsp3) is 0.364. The minimum atomic E-state index is -0.0639. The third-order valence-corrected chi connectivity index (χ3v) is 6.89. The molecule has 1 aliphatic rings. The van der Waals surface area contributed by atoms with Gasteiger partial charge in [0.05, 0.1) is 15.8 Å². The molecule has 31 heavy (non-hydrogen) atoms. The summed E-state index contributed by atoms with van der Waals surface area (Å²) in [4.78, 5) is 22.3. The number of hydrogen-bond acceptors (Lipinski definition) is 6. The van der Waals surface area contributed by atoms with E-state index < -0.39 is 0 Å². The van der Waals surface area contributed by atoms with Crippen LogP contribution in [-0.2, 0) is 0 Å². The third-order valence-electron chi connectivity index (χ3n) is 5.16. The standard InChI is InChI=1S/C22H24BrN3O3S.ClH/c1-3-25(4-2)9-10-26(21(27)15-7-5-6-8-16(15)23)22-24-17-13-18-19(14-20(17)30-22)29-12-11-28-18;/h5-8,13-14H,3-4,9-12H2,1-2H3;1H. The summed E-state index contributed by atoms with van der Waals surface area (Å²) in [5, 5.41) is 0.681. The van der Waals surface area contributed by atoms with E-state index in [9.17, 15) is 4.79 Å². The molecule has 1 amide bonds. The van der Waals surface area contributed by atoms with E-state index in [0.717, 1.165) is 40.1 Å². The van der Waals surface area contributed by atoms with Crippen LogP contribution in [0.1, 0.15) is 24.2 Å². The molecule has 0 saturated carbocycles. The number of carbonyl (C=O) groups excluding carboxylic acids is 1. The molecule has 166 valence electrons. The second-order valence-electron chi connectivity index (χ2n) is 6.92. The number of ether oxygens (including phenoxy) is 2. The van der Waals surface area contributed by atoms with Gasteiger partial charge < -0.3 is 14.4 Å². The molecule has 2 heterocycles. The summed E-state index contributed by atoms with van der Waals surface area (Å²) < 4.78 is 13.1. The molecule has 0 aliphatic carbocycles. The van der Waals surface area contributed by atoms with E-state index in [1.165, 1.54) is 11.3 Å². The first kappa shape index (κ1) is 23.8. The Hall–Kier alpha value is -1.87. The highest BCUT2D eigenvalue weighted by atomic mass is 79.9. The molecule has 6 nitrogen and oxygen atoms in total. The van der Waals surface area contributed by atoms with E-state index in [2.05, 4.69) is 34.7 Å². The van der Waals surface area contributed by atoms with Gasteiger partial charge in [0.25, 0.3) is 5.91 Å². The summed E-state index contributed by atoms with van der Waals surface area (Å²) in [5.41, 5.74) is 1.44. The van der Waals surface area contributed by atoms with E-state index in [1.807, 2.05) is 36.4 Å². The fourth-order valence-electron chi connectivity index (χ4n) is 3.41. The fourth-order valence-corrected chi connectivity index (χ4v) is 4.87. The lowest BCUT2D eigenvalue weighted by molar-refractivity contribution is 0.0983. The number of aromatic nitrogens is 1. The Balaban J connectivity index is 0.00000272. The summed E-state index contributed by atoms with van der Waals surface area (Å²) in [7, 11) is 0. The molecule has 4 rings (SSSR count). The number of rotatable bonds is 7. The maximum atomic E-state index is 13.5. The molecular formula is C22H25BrClN3O3S. The van der Waals surface area contributed by atoms with E-state index in [4.69, 9.17) is 14.5 Å². The predicted molar refractivity (Wildman–Crippen MR) is 131 cm³/mol.